The van der Waals surface area contributed by atoms with Gasteiger partial charge in [0.05, 0.1) is 6.54 Å². The van der Waals surface area contributed by atoms with Crippen molar-refractivity contribution in [1.82, 2.24) is 19.7 Å². The van der Waals surface area contributed by atoms with Crippen molar-refractivity contribution in [2.45, 2.75) is 6.54 Å². The molecule has 0 saturated heterocycles. The predicted octanol–water partition coefficient (Wildman–Crippen LogP) is 2.00. The van der Waals surface area contributed by atoms with E-state index in [1.807, 2.05) is 0 Å². The molecule has 0 aliphatic heterocycles. The van der Waals surface area contributed by atoms with Gasteiger partial charge in [0.25, 0.3) is 0 Å². The van der Waals surface area contributed by atoms with Crippen molar-refractivity contribution in [3.05, 3.63) is 65.9 Å². The molecular formula is C16H10FN5O2. The Morgan fingerprint density at radius 1 is 1.21 bits per heavy atom. The SMILES string of the molecule is O=C=NC(=O)c1cc(-c2ncccn2)nn1Cc1ccccc1F. The summed E-state index contributed by atoms with van der Waals surface area (Å²) in [4.78, 5) is 33.5. The zero-order chi connectivity index (χ0) is 16.9. The molecule has 24 heavy (non-hydrogen) atoms. The van der Waals surface area contributed by atoms with Crippen molar-refractivity contribution in [3.63, 3.8) is 0 Å². The fraction of sp³-hybridized carbons (Fsp3) is 0.0625. The number of halogens is 1. The summed E-state index contributed by atoms with van der Waals surface area (Å²) >= 11 is 0. The molecule has 3 rings (SSSR count). The monoisotopic (exact) mass is 323 g/mol. The van der Waals surface area contributed by atoms with E-state index in [9.17, 15) is 14.0 Å². The molecule has 0 spiro atoms. The molecule has 1 aromatic carbocycles. The quantitative estimate of drug-likeness (QED) is 0.541. The van der Waals surface area contributed by atoms with Crippen LogP contribution in [0.4, 0.5) is 4.39 Å². The molecule has 2 aromatic heterocycles. The average molecular weight is 323 g/mol. The van der Waals surface area contributed by atoms with Gasteiger partial charge >= 0.3 is 5.91 Å². The van der Waals surface area contributed by atoms with Crippen LogP contribution in [0.2, 0.25) is 0 Å². The number of aromatic nitrogens is 4. The van der Waals surface area contributed by atoms with E-state index in [-0.39, 0.29) is 12.2 Å². The van der Waals surface area contributed by atoms with Gasteiger partial charge in [0.2, 0.25) is 6.08 Å². The van der Waals surface area contributed by atoms with Gasteiger partial charge in [0.15, 0.2) is 5.82 Å². The molecule has 7 nitrogen and oxygen atoms in total. The van der Waals surface area contributed by atoms with E-state index in [0.717, 1.165) is 0 Å². The number of carbonyl (C=O) groups is 1. The van der Waals surface area contributed by atoms with Crippen LogP contribution < -0.4 is 0 Å². The average Bonchev–Trinajstić information content (AvgIpc) is 3.02. The third kappa shape index (κ3) is 3.13. The number of hydrogen-bond donors (Lipinski definition) is 0. The number of hydrogen-bond acceptors (Lipinski definition) is 5. The Morgan fingerprint density at radius 2 is 1.96 bits per heavy atom. The zero-order valence-electron chi connectivity index (χ0n) is 12.3. The summed E-state index contributed by atoms with van der Waals surface area (Å²) in [7, 11) is 0. The van der Waals surface area contributed by atoms with E-state index in [2.05, 4.69) is 20.1 Å². The van der Waals surface area contributed by atoms with E-state index < -0.39 is 11.7 Å². The first-order valence-corrected chi connectivity index (χ1v) is 6.90. The Balaban J connectivity index is 2.06. The molecule has 0 radical (unpaired) electrons. The lowest BCUT2D eigenvalue weighted by atomic mass is 10.2. The van der Waals surface area contributed by atoms with Crippen molar-refractivity contribution >= 4 is 12.0 Å². The maximum atomic E-state index is 13.8. The van der Waals surface area contributed by atoms with E-state index in [0.29, 0.717) is 17.1 Å². The van der Waals surface area contributed by atoms with Gasteiger partial charge < -0.3 is 0 Å². The summed E-state index contributed by atoms with van der Waals surface area (Å²) in [5, 5.41) is 4.23. The van der Waals surface area contributed by atoms with Crippen LogP contribution in [0.3, 0.4) is 0 Å². The van der Waals surface area contributed by atoms with Gasteiger partial charge in [-0.05, 0) is 12.1 Å². The number of carbonyl (C=O) groups excluding carboxylic acids is 2. The topological polar surface area (TPSA) is 90.1 Å². The van der Waals surface area contributed by atoms with Gasteiger partial charge in [0, 0.05) is 24.0 Å². The fourth-order valence-electron chi connectivity index (χ4n) is 2.14. The van der Waals surface area contributed by atoms with Crippen molar-refractivity contribution in [2.75, 3.05) is 0 Å². The minimum atomic E-state index is -0.823. The number of benzene rings is 1. The highest BCUT2D eigenvalue weighted by molar-refractivity contribution is 5.96. The third-order valence-electron chi connectivity index (χ3n) is 3.22. The predicted molar refractivity (Wildman–Crippen MR) is 81.2 cm³/mol. The van der Waals surface area contributed by atoms with E-state index >= 15 is 0 Å². The number of nitrogens with zero attached hydrogens (tertiary/aromatic N) is 5. The Morgan fingerprint density at radius 3 is 2.67 bits per heavy atom. The number of rotatable bonds is 4. The second-order valence-corrected chi connectivity index (χ2v) is 4.74. The summed E-state index contributed by atoms with van der Waals surface area (Å²) in [6.07, 6.45) is 4.26. The van der Waals surface area contributed by atoms with E-state index in [1.165, 1.54) is 35.3 Å². The number of amides is 1. The summed E-state index contributed by atoms with van der Waals surface area (Å²) < 4.78 is 15.1. The zero-order valence-corrected chi connectivity index (χ0v) is 12.3. The minimum Gasteiger partial charge on any atom is -0.264 e. The van der Waals surface area contributed by atoms with Crippen LogP contribution in [0.1, 0.15) is 16.1 Å². The van der Waals surface area contributed by atoms with Crippen LogP contribution in [-0.4, -0.2) is 31.7 Å². The molecule has 8 heteroatoms. The standard InChI is InChI=1S/C16H10FN5O2/c17-12-5-2-1-4-11(12)9-22-14(16(24)20-10-23)8-13(21-22)15-18-6-3-7-19-15/h1-8H,9H2. The second-order valence-electron chi connectivity index (χ2n) is 4.74. The first-order chi connectivity index (χ1) is 11.7. The lowest BCUT2D eigenvalue weighted by Gasteiger charge is -2.05. The van der Waals surface area contributed by atoms with Gasteiger partial charge in [-0.3, -0.25) is 9.48 Å². The van der Waals surface area contributed by atoms with Crippen LogP contribution in [-0.2, 0) is 11.3 Å². The molecule has 0 aliphatic carbocycles. The van der Waals surface area contributed by atoms with Crippen molar-refractivity contribution in [3.8, 4) is 11.5 Å². The second kappa shape index (κ2) is 6.72. The molecule has 2 heterocycles. The molecule has 118 valence electrons. The van der Waals surface area contributed by atoms with Crippen LogP contribution in [0.25, 0.3) is 11.5 Å². The van der Waals surface area contributed by atoms with Crippen molar-refractivity contribution in [2.24, 2.45) is 4.99 Å². The van der Waals surface area contributed by atoms with Crippen LogP contribution >= 0.6 is 0 Å². The summed E-state index contributed by atoms with van der Waals surface area (Å²) in [6, 6.07) is 9.17. The van der Waals surface area contributed by atoms with Crippen LogP contribution in [0, 0.1) is 5.82 Å². The first kappa shape index (κ1) is 15.4. The summed E-state index contributed by atoms with van der Waals surface area (Å²) in [5.41, 5.74) is 0.672. The Hall–Kier alpha value is -3.51. The summed E-state index contributed by atoms with van der Waals surface area (Å²) in [6.45, 7) is -0.00500. The van der Waals surface area contributed by atoms with Gasteiger partial charge in [-0.1, -0.05) is 18.2 Å². The molecule has 1 amide bonds. The number of isocyanates is 1. The molecule has 3 aromatic rings. The van der Waals surface area contributed by atoms with Gasteiger partial charge in [-0.15, -0.1) is 4.99 Å². The first-order valence-electron chi connectivity index (χ1n) is 6.90. The molecule has 0 atom stereocenters. The molecule has 0 saturated carbocycles. The molecule has 0 unspecified atom stereocenters. The third-order valence-corrected chi connectivity index (χ3v) is 3.22. The van der Waals surface area contributed by atoms with E-state index in [4.69, 9.17) is 0 Å². The fourth-order valence-corrected chi connectivity index (χ4v) is 2.14. The maximum Gasteiger partial charge on any atom is 0.306 e. The molecule has 0 N–H and O–H groups in total. The Labute approximate surface area is 135 Å². The minimum absolute atomic E-state index is 0.00500. The normalized spacial score (nSPS) is 10.2. The van der Waals surface area contributed by atoms with Gasteiger partial charge in [-0.25, -0.2) is 19.2 Å². The number of aliphatic imine (C=N–C) groups is 1. The largest absolute Gasteiger partial charge is 0.306 e. The molecule has 0 bridgehead atoms. The van der Waals surface area contributed by atoms with Crippen molar-refractivity contribution in [1.29, 1.82) is 0 Å². The molecular weight excluding hydrogens is 313 g/mol. The highest BCUT2D eigenvalue weighted by Crippen LogP contribution is 2.17. The highest BCUT2D eigenvalue weighted by atomic mass is 19.1. The molecule has 0 fully saturated rings. The maximum absolute atomic E-state index is 13.8. The Kier molecular flexibility index (Phi) is 4.31. The van der Waals surface area contributed by atoms with E-state index in [1.54, 1.807) is 24.3 Å². The summed E-state index contributed by atoms with van der Waals surface area (Å²) in [5.74, 6) is -0.951. The van der Waals surface area contributed by atoms with Crippen molar-refractivity contribution < 1.29 is 14.0 Å². The Bertz CT molecular complexity index is 933. The van der Waals surface area contributed by atoms with Crippen LogP contribution in [0.5, 0.6) is 0 Å². The van der Waals surface area contributed by atoms with Gasteiger partial charge in [0.1, 0.15) is 17.2 Å². The molecule has 0 aliphatic rings. The lowest BCUT2D eigenvalue weighted by molar-refractivity contribution is 0.0993. The smallest absolute Gasteiger partial charge is 0.264 e. The van der Waals surface area contributed by atoms with Crippen LogP contribution in [0.15, 0.2) is 53.8 Å². The lowest BCUT2D eigenvalue weighted by Crippen LogP contribution is -2.11. The van der Waals surface area contributed by atoms with Gasteiger partial charge in [-0.2, -0.15) is 5.10 Å². The highest BCUT2D eigenvalue weighted by Gasteiger charge is 2.18.